The van der Waals surface area contributed by atoms with Crippen LogP contribution in [-0.4, -0.2) is 22.4 Å². The van der Waals surface area contributed by atoms with Gasteiger partial charge in [0.1, 0.15) is 0 Å². The minimum atomic E-state index is -0.268. The van der Waals surface area contributed by atoms with Crippen molar-refractivity contribution in [2.75, 3.05) is 6.54 Å². The summed E-state index contributed by atoms with van der Waals surface area (Å²) in [5, 5.41) is 4.02. The molecule has 0 aliphatic carbocycles. The molecule has 2 N–H and O–H groups in total. The van der Waals surface area contributed by atoms with Crippen molar-refractivity contribution >= 4 is 29.3 Å². The number of nitrogens with one attached hydrogen (secondary N) is 2. The first-order valence-corrected chi connectivity index (χ1v) is 10.2. The summed E-state index contributed by atoms with van der Waals surface area (Å²) >= 11 is 7.38. The first-order chi connectivity index (χ1) is 13.6. The van der Waals surface area contributed by atoms with Crippen molar-refractivity contribution in [1.82, 2.24) is 15.3 Å². The van der Waals surface area contributed by atoms with Crippen LogP contribution in [0, 0.1) is 0 Å². The van der Waals surface area contributed by atoms with Crippen LogP contribution in [-0.2, 0) is 23.4 Å². The molecule has 2 aromatic carbocycles. The Balaban J connectivity index is 1.53. The minimum Gasteiger partial charge on any atom is -0.355 e. The fourth-order valence-corrected chi connectivity index (χ4v) is 3.69. The Kier molecular flexibility index (Phi) is 7.28. The van der Waals surface area contributed by atoms with Crippen LogP contribution in [0.3, 0.4) is 0 Å². The quantitative estimate of drug-likeness (QED) is 0.437. The third-order valence-electron chi connectivity index (χ3n) is 3.96. The zero-order chi connectivity index (χ0) is 19.8. The lowest BCUT2D eigenvalue weighted by atomic mass is 10.1. The number of carbonyl (C=O) groups is 1. The maximum Gasteiger partial charge on any atom is 0.251 e. The number of hydrogen-bond donors (Lipinski definition) is 2. The van der Waals surface area contributed by atoms with Crippen molar-refractivity contribution in [2.24, 2.45) is 0 Å². The molecule has 0 aliphatic heterocycles. The molecular weight excluding hydrogens is 394 g/mol. The van der Waals surface area contributed by atoms with Gasteiger partial charge in [-0.15, -0.1) is 0 Å². The van der Waals surface area contributed by atoms with Crippen molar-refractivity contribution in [2.45, 2.75) is 23.8 Å². The van der Waals surface area contributed by atoms with Crippen LogP contribution < -0.4 is 10.9 Å². The van der Waals surface area contributed by atoms with E-state index in [0.29, 0.717) is 28.2 Å². The fourth-order valence-electron chi connectivity index (χ4n) is 2.64. The van der Waals surface area contributed by atoms with Crippen LogP contribution in [0.5, 0.6) is 0 Å². The summed E-state index contributed by atoms with van der Waals surface area (Å²) in [7, 11) is 0. The van der Waals surface area contributed by atoms with Gasteiger partial charge in [-0.05, 0) is 29.7 Å². The predicted octanol–water partition coefficient (Wildman–Crippen LogP) is 3.62. The van der Waals surface area contributed by atoms with Crippen LogP contribution in [0.25, 0.3) is 0 Å². The molecule has 0 unspecified atom stereocenters. The number of nitrogens with zero attached hydrogens (tertiary/aromatic N) is 1. The van der Waals surface area contributed by atoms with Crippen molar-refractivity contribution < 1.29 is 4.79 Å². The van der Waals surface area contributed by atoms with Gasteiger partial charge < -0.3 is 10.3 Å². The molecule has 0 saturated carbocycles. The highest BCUT2D eigenvalue weighted by Gasteiger charge is 2.08. The predicted molar refractivity (Wildman–Crippen MR) is 113 cm³/mol. The van der Waals surface area contributed by atoms with E-state index in [1.54, 1.807) is 0 Å². The minimum absolute atomic E-state index is 0.0729. The summed E-state index contributed by atoms with van der Waals surface area (Å²) in [4.78, 5) is 31.1. The van der Waals surface area contributed by atoms with E-state index in [0.717, 1.165) is 17.5 Å². The molecule has 0 saturated heterocycles. The molecule has 0 aliphatic rings. The molecule has 1 heterocycles. The number of rotatable bonds is 8. The van der Waals surface area contributed by atoms with E-state index in [1.807, 2.05) is 54.6 Å². The molecule has 28 heavy (non-hydrogen) atoms. The number of H-pyrrole nitrogens is 1. The molecule has 7 heteroatoms. The lowest BCUT2D eigenvalue weighted by Crippen LogP contribution is -2.28. The second-order valence-corrected chi connectivity index (χ2v) is 7.62. The van der Waals surface area contributed by atoms with Gasteiger partial charge in [-0.2, -0.15) is 0 Å². The first-order valence-electron chi connectivity index (χ1n) is 8.86. The van der Waals surface area contributed by atoms with Gasteiger partial charge in [0.2, 0.25) is 5.91 Å². The molecule has 1 amide bonds. The number of halogens is 1. The van der Waals surface area contributed by atoms with Crippen molar-refractivity contribution in [3.8, 4) is 0 Å². The van der Waals surface area contributed by atoms with Crippen LogP contribution >= 0.6 is 23.4 Å². The highest BCUT2D eigenvalue weighted by Crippen LogP contribution is 2.20. The van der Waals surface area contributed by atoms with Crippen LogP contribution in [0.15, 0.2) is 70.6 Å². The molecule has 0 fully saturated rings. The van der Waals surface area contributed by atoms with E-state index in [9.17, 15) is 9.59 Å². The standard InChI is InChI=1S/C21H20ClN3O2S/c22-17-8-4-7-16(11-17)14-28-21-24-18(13-20(27)25-21)12-19(26)23-10-9-15-5-2-1-3-6-15/h1-8,11,13H,9-10,12,14H2,(H,23,26)(H,24,25,27). The van der Waals surface area contributed by atoms with Gasteiger partial charge in [0.05, 0.1) is 12.1 Å². The number of hydrogen-bond acceptors (Lipinski definition) is 4. The zero-order valence-corrected chi connectivity index (χ0v) is 16.7. The number of amides is 1. The number of carbonyl (C=O) groups excluding carboxylic acids is 1. The summed E-state index contributed by atoms with van der Waals surface area (Å²) in [6.45, 7) is 0.544. The average Bonchev–Trinajstić information content (AvgIpc) is 2.67. The Morgan fingerprint density at radius 1 is 1.07 bits per heavy atom. The maximum absolute atomic E-state index is 12.2. The van der Waals surface area contributed by atoms with Crippen molar-refractivity contribution in [3.63, 3.8) is 0 Å². The first kappa shape index (κ1) is 20.2. The molecule has 5 nitrogen and oxygen atoms in total. The third-order valence-corrected chi connectivity index (χ3v) is 5.14. The highest BCUT2D eigenvalue weighted by atomic mass is 35.5. The van der Waals surface area contributed by atoms with Gasteiger partial charge in [-0.3, -0.25) is 9.59 Å². The number of benzene rings is 2. The topological polar surface area (TPSA) is 74.8 Å². The smallest absolute Gasteiger partial charge is 0.251 e. The van der Waals surface area contributed by atoms with Crippen LogP contribution in [0.2, 0.25) is 5.02 Å². The van der Waals surface area contributed by atoms with Crippen LogP contribution in [0.1, 0.15) is 16.8 Å². The molecule has 0 bridgehead atoms. The zero-order valence-electron chi connectivity index (χ0n) is 15.2. The molecule has 3 aromatic rings. The van der Waals surface area contributed by atoms with E-state index < -0.39 is 0 Å². The number of aromatic amines is 1. The Bertz CT molecular complexity index is 992. The van der Waals surface area contributed by atoms with E-state index in [4.69, 9.17) is 11.6 Å². The monoisotopic (exact) mass is 413 g/mol. The van der Waals surface area contributed by atoms with E-state index >= 15 is 0 Å². The SMILES string of the molecule is O=C(Cc1cc(=O)[nH]c(SCc2cccc(Cl)c2)n1)NCCc1ccccc1. The molecular formula is C21H20ClN3O2S. The molecule has 144 valence electrons. The normalized spacial score (nSPS) is 10.6. The van der Waals surface area contributed by atoms with Crippen LogP contribution in [0.4, 0.5) is 0 Å². The van der Waals surface area contributed by atoms with Gasteiger partial charge >= 0.3 is 0 Å². The van der Waals surface area contributed by atoms with E-state index in [1.165, 1.54) is 17.8 Å². The third kappa shape index (κ3) is 6.55. The number of aromatic nitrogens is 2. The molecule has 3 rings (SSSR count). The molecule has 0 atom stereocenters. The number of thioether (sulfide) groups is 1. The van der Waals surface area contributed by atoms with E-state index in [2.05, 4.69) is 15.3 Å². The van der Waals surface area contributed by atoms with Gasteiger partial charge in [0.25, 0.3) is 5.56 Å². The van der Waals surface area contributed by atoms with Crippen molar-refractivity contribution in [3.05, 3.63) is 92.9 Å². The Hall–Kier alpha value is -2.57. The van der Waals surface area contributed by atoms with Crippen molar-refractivity contribution in [1.29, 1.82) is 0 Å². The highest BCUT2D eigenvalue weighted by molar-refractivity contribution is 7.98. The molecule has 0 spiro atoms. The lowest BCUT2D eigenvalue weighted by molar-refractivity contribution is -0.120. The Labute approximate surface area is 172 Å². The Morgan fingerprint density at radius 2 is 1.86 bits per heavy atom. The second kappa shape index (κ2) is 10.1. The summed E-state index contributed by atoms with van der Waals surface area (Å²) < 4.78 is 0. The van der Waals surface area contributed by atoms with Gasteiger partial charge in [0, 0.05) is 23.4 Å². The summed E-state index contributed by atoms with van der Waals surface area (Å²) in [6, 6.07) is 18.8. The average molecular weight is 414 g/mol. The summed E-state index contributed by atoms with van der Waals surface area (Å²) in [6.07, 6.45) is 0.833. The van der Waals surface area contributed by atoms with E-state index in [-0.39, 0.29) is 17.9 Å². The molecule has 1 aromatic heterocycles. The van der Waals surface area contributed by atoms with Gasteiger partial charge in [0.15, 0.2) is 5.16 Å². The summed E-state index contributed by atoms with van der Waals surface area (Å²) in [5.41, 5.74) is 2.38. The molecule has 0 radical (unpaired) electrons. The summed E-state index contributed by atoms with van der Waals surface area (Å²) in [5.74, 6) is 0.468. The largest absolute Gasteiger partial charge is 0.355 e. The lowest BCUT2D eigenvalue weighted by Gasteiger charge is -2.07. The maximum atomic E-state index is 12.2. The fraction of sp³-hybridized carbons (Fsp3) is 0.190. The second-order valence-electron chi connectivity index (χ2n) is 6.22. The Morgan fingerprint density at radius 3 is 2.64 bits per heavy atom. The van der Waals surface area contributed by atoms with Gasteiger partial charge in [-0.25, -0.2) is 4.98 Å². The van der Waals surface area contributed by atoms with Gasteiger partial charge in [-0.1, -0.05) is 65.8 Å².